The lowest BCUT2D eigenvalue weighted by molar-refractivity contribution is 0.0114. The highest BCUT2D eigenvalue weighted by molar-refractivity contribution is 9.10. The number of aryl methyl sites for hydroxylation is 1. The van der Waals surface area contributed by atoms with Crippen LogP contribution in [-0.4, -0.2) is 9.78 Å². The van der Waals surface area contributed by atoms with Crippen LogP contribution in [-0.2, 0) is 12.5 Å². The first-order valence-corrected chi connectivity index (χ1v) is 4.35. The molecule has 0 atom stereocenters. The van der Waals surface area contributed by atoms with Crippen molar-refractivity contribution in [3.05, 3.63) is 16.4 Å². The molecule has 0 saturated carbocycles. The van der Waals surface area contributed by atoms with Crippen molar-refractivity contribution in [3.63, 3.8) is 0 Å². The van der Waals surface area contributed by atoms with E-state index in [2.05, 4.69) is 21.0 Å². The molecule has 0 aromatic carbocycles. The Hall–Kier alpha value is -0.450. The second kappa shape index (κ2) is 3.12. The summed E-state index contributed by atoms with van der Waals surface area (Å²) in [6.07, 6.45) is 1.55. The monoisotopic (exact) mass is 238 g/mol. The van der Waals surface area contributed by atoms with E-state index < -0.39 is 5.92 Å². The zero-order chi connectivity index (χ0) is 9.35. The van der Waals surface area contributed by atoms with Gasteiger partial charge in [-0.2, -0.15) is 13.9 Å². The Bertz CT molecular complexity index is 277. The van der Waals surface area contributed by atoms with E-state index in [4.69, 9.17) is 0 Å². The summed E-state index contributed by atoms with van der Waals surface area (Å²) in [5, 5.41) is 3.72. The van der Waals surface area contributed by atoms with Gasteiger partial charge in [-0.05, 0) is 22.9 Å². The van der Waals surface area contributed by atoms with E-state index in [1.54, 1.807) is 6.20 Å². The average molecular weight is 239 g/mol. The third kappa shape index (κ3) is 1.83. The Morgan fingerprint density at radius 3 is 2.50 bits per heavy atom. The molecule has 0 N–H and O–H groups in total. The number of rotatable bonds is 2. The molecule has 68 valence electrons. The summed E-state index contributed by atoms with van der Waals surface area (Å²) in [7, 11) is 0. The van der Waals surface area contributed by atoms with Gasteiger partial charge < -0.3 is 0 Å². The van der Waals surface area contributed by atoms with Gasteiger partial charge in [0.05, 0.1) is 4.47 Å². The van der Waals surface area contributed by atoms with Gasteiger partial charge in [0.25, 0.3) is 5.92 Å². The summed E-state index contributed by atoms with van der Waals surface area (Å²) < 4.78 is 27.3. The van der Waals surface area contributed by atoms with Gasteiger partial charge in [-0.25, -0.2) is 0 Å². The summed E-state index contributed by atoms with van der Waals surface area (Å²) in [6.45, 7) is 3.27. The second-order valence-electron chi connectivity index (χ2n) is 2.57. The summed E-state index contributed by atoms with van der Waals surface area (Å²) >= 11 is 3.03. The second-order valence-corrected chi connectivity index (χ2v) is 3.42. The lowest BCUT2D eigenvalue weighted by Crippen LogP contribution is -2.09. The van der Waals surface area contributed by atoms with Crippen LogP contribution in [0.2, 0.25) is 0 Å². The van der Waals surface area contributed by atoms with Crippen LogP contribution >= 0.6 is 15.9 Å². The van der Waals surface area contributed by atoms with Crippen molar-refractivity contribution in [2.24, 2.45) is 0 Å². The van der Waals surface area contributed by atoms with E-state index in [1.165, 1.54) is 4.68 Å². The molecule has 12 heavy (non-hydrogen) atoms. The molecule has 1 rings (SSSR count). The predicted octanol–water partition coefficient (Wildman–Crippen LogP) is 2.78. The number of nitrogens with zero attached hydrogens (tertiary/aromatic N) is 2. The molecule has 1 heterocycles. The van der Waals surface area contributed by atoms with Gasteiger partial charge in [0.1, 0.15) is 5.69 Å². The van der Waals surface area contributed by atoms with E-state index >= 15 is 0 Å². The normalized spacial score (nSPS) is 12.1. The van der Waals surface area contributed by atoms with Crippen LogP contribution in [0.4, 0.5) is 8.78 Å². The molecule has 0 aliphatic carbocycles. The average Bonchev–Trinajstić information content (AvgIpc) is 2.29. The Kier molecular flexibility index (Phi) is 2.51. The van der Waals surface area contributed by atoms with E-state index in [0.29, 0.717) is 11.0 Å². The van der Waals surface area contributed by atoms with Crippen LogP contribution in [0.15, 0.2) is 10.7 Å². The maximum atomic E-state index is 12.8. The minimum atomic E-state index is -2.88. The first kappa shape index (κ1) is 9.64. The Morgan fingerprint density at radius 1 is 1.67 bits per heavy atom. The largest absolute Gasteiger partial charge is 0.289 e. The van der Waals surface area contributed by atoms with Crippen molar-refractivity contribution in [1.29, 1.82) is 0 Å². The Morgan fingerprint density at radius 2 is 2.25 bits per heavy atom. The van der Waals surface area contributed by atoms with Gasteiger partial charge in [0.2, 0.25) is 0 Å². The molecule has 0 saturated heterocycles. The molecule has 0 aliphatic rings. The highest BCUT2D eigenvalue weighted by Gasteiger charge is 2.30. The zero-order valence-electron chi connectivity index (χ0n) is 6.81. The molecular formula is C7H9BrF2N2. The van der Waals surface area contributed by atoms with Crippen LogP contribution in [0, 0.1) is 0 Å². The fourth-order valence-electron chi connectivity index (χ4n) is 0.857. The van der Waals surface area contributed by atoms with E-state index in [0.717, 1.165) is 6.92 Å². The quantitative estimate of drug-likeness (QED) is 0.775. The lowest BCUT2D eigenvalue weighted by atomic mass is 10.3. The van der Waals surface area contributed by atoms with Gasteiger partial charge in [-0.1, -0.05) is 0 Å². The zero-order valence-corrected chi connectivity index (χ0v) is 8.40. The molecule has 2 nitrogen and oxygen atoms in total. The Labute approximate surface area is 77.7 Å². The van der Waals surface area contributed by atoms with Crippen molar-refractivity contribution in [3.8, 4) is 0 Å². The SMILES string of the molecule is CCn1cc(Br)c(C(C)(F)F)n1. The van der Waals surface area contributed by atoms with Crippen LogP contribution in [0.3, 0.4) is 0 Å². The van der Waals surface area contributed by atoms with E-state index in [1.807, 2.05) is 6.92 Å². The lowest BCUT2D eigenvalue weighted by Gasteiger charge is -2.05. The minimum absolute atomic E-state index is 0.204. The fourth-order valence-corrected chi connectivity index (χ4v) is 1.52. The topological polar surface area (TPSA) is 17.8 Å². The molecule has 0 unspecified atom stereocenters. The van der Waals surface area contributed by atoms with E-state index in [-0.39, 0.29) is 5.69 Å². The highest BCUT2D eigenvalue weighted by Crippen LogP contribution is 2.31. The standard InChI is InChI=1S/C7H9BrF2N2/c1-3-12-4-5(8)6(11-12)7(2,9)10/h4H,3H2,1-2H3. The third-order valence-electron chi connectivity index (χ3n) is 1.46. The van der Waals surface area contributed by atoms with Crippen molar-refractivity contribution in [2.75, 3.05) is 0 Å². The van der Waals surface area contributed by atoms with Gasteiger partial charge in [-0.3, -0.25) is 4.68 Å². The molecule has 1 aromatic rings. The molecular weight excluding hydrogens is 230 g/mol. The Balaban J connectivity index is 3.08. The molecule has 5 heteroatoms. The smallest absolute Gasteiger partial charge is 0.271 e. The van der Waals surface area contributed by atoms with Crippen molar-refractivity contribution in [2.45, 2.75) is 26.3 Å². The molecule has 0 bridgehead atoms. The van der Waals surface area contributed by atoms with Crippen LogP contribution in [0.1, 0.15) is 19.5 Å². The first-order valence-electron chi connectivity index (χ1n) is 3.56. The maximum absolute atomic E-state index is 12.8. The van der Waals surface area contributed by atoms with Gasteiger partial charge in [0, 0.05) is 19.7 Å². The molecule has 0 amide bonds. The van der Waals surface area contributed by atoms with Gasteiger partial charge in [0.15, 0.2) is 0 Å². The van der Waals surface area contributed by atoms with E-state index in [9.17, 15) is 8.78 Å². The van der Waals surface area contributed by atoms with Crippen LogP contribution in [0.25, 0.3) is 0 Å². The number of aromatic nitrogens is 2. The third-order valence-corrected chi connectivity index (χ3v) is 2.04. The fraction of sp³-hybridized carbons (Fsp3) is 0.571. The molecule has 1 aromatic heterocycles. The van der Waals surface area contributed by atoms with Crippen LogP contribution in [0.5, 0.6) is 0 Å². The van der Waals surface area contributed by atoms with Crippen molar-refractivity contribution in [1.82, 2.24) is 9.78 Å². The molecule has 0 fully saturated rings. The number of hydrogen-bond donors (Lipinski definition) is 0. The van der Waals surface area contributed by atoms with Crippen molar-refractivity contribution < 1.29 is 8.78 Å². The molecule has 0 spiro atoms. The molecule has 0 aliphatic heterocycles. The highest BCUT2D eigenvalue weighted by atomic mass is 79.9. The summed E-state index contributed by atoms with van der Waals surface area (Å²) in [5.41, 5.74) is -0.204. The van der Waals surface area contributed by atoms with Gasteiger partial charge >= 0.3 is 0 Å². The number of alkyl halides is 2. The molecule has 0 radical (unpaired) electrons. The minimum Gasteiger partial charge on any atom is -0.271 e. The van der Waals surface area contributed by atoms with Gasteiger partial charge in [-0.15, -0.1) is 0 Å². The first-order chi connectivity index (χ1) is 5.45. The predicted molar refractivity (Wildman–Crippen MR) is 45.2 cm³/mol. The van der Waals surface area contributed by atoms with Crippen molar-refractivity contribution >= 4 is 15.9 Å². The number of halogens is 3. The summed E-state index contributed by atoms with van der Waals surface area (Å²) in [6, 6.07) is 0. The maximum Gasteiger partial charge on any atom is 0.289 e. The van der Waals surface area contributed by atoms with Crippen LogP contribution < -0.4 is 0 Å². The summed E-state index contributed by atoms with van der Waals surface area (Å²) in [5.74, 6) is -2.88. The number of hydrogen-bond acceptors (Lipinski definition) is 1. The summed E-state index contributed by atoms with van der Waals surface area (Å²) in [4.78, 5) is 0.